The van der Waals surface area contributed by atoms with Gasteiger partial charge in [0.1, 0.15) is 11.6 Å². The fraction of sp³-hybridized carbons (Fsp3) is 0.636. The largest absolute Gasteiger partial charge is 0.338 e. The number of rotatable bonds is 7. The van der Waals surface area contributed by atoms with Gasteiger partial charge in [0.15, 0.2) is 0 Å². The second kappa shape index (κ2) is 7.95. The van der Waals surface area contributed by atoms with Crippen LogP contribution in [0.4, 0.5) is 10.6 Å². The molecule has 17 heavy (non-hydrogen) atoms. The van der Waals surface area contributed by atoms with Crippen molar-refractivity contribution in [1.29, 1.82) is 0 Å². The molecule has 0 saturated heterocycles. The van der Waals surface area contributed by atoms with Gasteiger partial charge in [-0.05, 0) is 12.8 Å². The average molecular weight is 259 g/mol. The molecule has 0 unspecified atom stereocenters. The van der Waals surface area contributed by atoms with Crippen molar-refractivity contribution in [3.05, 3.63) is 12.0 Å². The number of imidazole rings is 1. The molecular formula is C11H19ClN4O. The number of halogens is 1. The molecule has 1 rings (SSSR count). The Balaban J connectivity index is 2.30. The fourth-order valence-corrected chi connectivity index (χ4v) is 1.47. The van der Waals surface area contributed by atoms with Crippen LogP contribution >= 0.6 is 11.6 Å². The van der Waals surface area contributed by atoms with Crippen molar-refractivity contribution < 1.29 is 4.79 Å². The standard InChI is InChI=1S/C11H19ClN4O/c1-2-3-5-9-14-8-10(15-9)16-11(17)13-7-4-6-12/h8H,2-7H2,1H3,(H,14,15)(H2,13,16,17). The molecule has 0 saturated carbocycles. The number of unbranched alkanes of at least 4 members (excludes halogenated alkanes) is 1. The molecule has 0 aliphatic carbocycles. The van der Waals surface area contributed by atoms with E-state index in [1.165, 1.54) is 0 Å². The number of nitrogens with one attached hydrogen (secondary N) is 3. The third kappa shape index (κ3) is 5.58. The first-order chi connectivity index (χ1) is 8.26. The summed E-state index contributed by atoms with van der Waals surface area (Å²) >= 11 is 5.51. The lowest BCUT2D eigenvalue weighted by atomic mass is 10.2. The molecule has 0 fully saturated rings. The maximum atomic E-state index is 11.4. The van der Waals surface area contributed by atoms with Crippen molar-refractivity contribution >= 4 is 23.4 Å². The number of anilines is 1. The topological polar surface area (TPSA) is 69.8 Å². The molecule has 0 aliphatic heterocycles. The Hall–Kier alpha value is -1.23. The molecule has 0 aliphatic rings. The van der Waals surface area contributed by atoms with E-state index in [0.29, 0.717) is 18.2 Å². The fourth-order valence-electron chi connectivity index (χ4n) is 1.33. The van der Waals surface area contributed by atoms with Crippen LogP contribution < -0.4 is 10.6 Å². The van der Waals surface area contributed by atoms with E-state index in [2.05, 4.69) is 27.5 Å². The normalized spacial score (nSPS) is 10.2. The Bertz CT molecular complexity index is 340. The van der Waals surface area contributed by atoms with Gasteiger partial charge in [-0.3, -0.25) is 5.32 Å². The highest BCUT2D eigenvalue weighted by Gasteiger charge is 2.04. The third-order valence-corrected chi connectivity index (χ3v) is 2.51. The maximum Gasteiger partial charge on any atom is 0.320 e. The highest BCUT2D eigenvalue weighted by molar-refractivity contribution is 6.17. The van der Waals surface area contributed by atoms with Gasteiger partial charge in [0.2, 0.25) is 0 Å². The smallest absolute Gasteiger partial charge is 0.320 e. The molecule has 1 aromatic heterocycles. The second-order valence-electron chi connectivity index (χ2n) is 3.77. The van der Waals surface area contributed by atoms with E-state index in [9.17, 15) is 4.79 Å². The van der Waals surface area contributed by atoms with Crippen molar-refractivity contribution in [3.8, 4) is 0 Å². The molecule has 1 heterocycles. The summed E-state index contributed by atoms with van der Waals surface area (Å²) in [5.41, 5.74) is 0. The van der Waals surface area contributed by atoms with E-state index in [4.69, 9.17) is 11.6 Å². The number of carbonyl (C=O) groups is 1. The SMILES string of the molecule is CCCCc1ncc(NC(=O)NCCCCl)[nH]1. The Kier molecular flexibility index (Phi) is 6.47. The number of hydrogen-bond acceptors (Lipinski definition) is 2. The van der Waals surface area contributed by atoms with Crippen molar-refractivity contribution in [2.24, 2.45) is 0 Å². The number of amides is 2. The number of aromatic amines is 1. The van der Waals surface area contributed by atoms with Gasteiger partial charge in [-0.15, -0.1) is 11.6 Å². The van der Waals surface area contributed by atoms with Crippen LogP contribution in [0, 0.1) is 0 Å². The van der Waals surface area contributed by atoms with E-state index in [0.717, 1.165) is 31.5 Å². The molecule has 6 heteroatoms. The predicted octanol–water partition coefficient (Wildman–Crippen LogP) is 2.50. The lowest BCUT2D eigenvalue weighted by molar-refractivity contribution is 0.252. The lowest BCUT2D eigenvalue weighted by Gasteiger charge is -2.04. The summed E-state index contributed by atoms with van der Waals surface area (Å²) in [5.74, 6) is 2.08. The van der Waals surface area contributed by atoms with Crippen LogP contribution in [-0.2, 0) is 6.42 Å². The van der Waals surface area contributed by atoms with Gasteiger partial charge in [-0.25, -0.2) is 9.78 Å². The zero-order valence-corrected chi connectivity index (χ0v) is 10.8. The molecule has 0 spiro atoms. The van der Waals surface area contributed by atoms with Gasteiger partial charge in [0.05, 0.1) is 6.20 Å². The summed E-state index contributed by atoms with van der Waals surface area (Å²) in [6, 6.07) is -0.235. The summed E-state index contributed by atoms with van der Waals surface area (Å²) in [6.45, 7) is 2.71. The Morgan fingerprint density at radius 2 is 2.35 bits per heavy atom. The number of hydrogen-bond donors (Lipinski definition) is 3. The number of alkyl halides is 1. The maximum absolute atomic E-state index is 11.4. The minimum Gasteiger partial charge on any atom is -0.338 e. The van der Waals surface area contributed by atoms with Crippen molar-refractivity contribution in [2.75, 3.05) is 17.7 Å². The lowest BCUT2D eigenvalue weighted by Crippen LogP contribution is -2.29. The molecule has 5 nitrogen and oxygen atoms in total. The minimum atomic E-state index is -0.235. The quantitative estimate of drug-likeness (QED) is 0.520. The molecule has 0 radical (unpaired) electrons. The first-order valence-corrected chi connectivity index (χ1v) is 6.44. The molecule has 2 amide bonds. The van der Waals surface area contributed by atoms with Crippen LogP contribution in [-0.4, -0.2) is 28.4 Å². The number of carbonyl (C=O) groups excluding carboxylic acids is 1. The van der Waals surface area contributed by atoms with Crippen molar-refractivity contribution in [3.63, 3.8) is 0 Å². The first kappa shape index (κ1) is 13.8. The molecule has 1 aromatic rings. The summed E-state index contributed by atoms with van der Waals surface area (Å²) in [7, 11) is 0. The summed E-state index contributed by atoms with van der Waals surface area (Å²) in [6.07, 6.45) is 5.52. The van der Waals surface area contributed by atoms with Gasteiger partial charge >= 0.3 is 6.03 Å². The number of nitrogens with zero attached hydrogens (tertiary/aromatic N) is 1. The highest BCUT2D eigenvalue weighted by Crippen LogP contribution is 2.05. The van der Waals surface area contributed by atoms with Gasteiger partial charge in [0.25, 0.3) is 0 Å². The van der Waals surface area contributed by atoms with Crippen molar-refractivity contribution in [2.45, 2.75) is 32.6 Å². The van der Waals surface area contributed by atoms with Crippen LogP contribution in [0.1, 0.15) is 32.0 Å². The van der Waals surface area contributed by atoms with Crippen molar-refractivity contribution in [1.82, 2.24) is 15.3 Å². The second-order valence-corrected chi connectivity index (χ2v) is 4.15. The zero-order chi connectivity index (χ0) is 12.5. The minimum absolute atomic E-state index is 0.235. The summed E-state index contributed by atoms with van der Waals surface area (Å²) in [4.78, 5) is 18.6. The Morgan fingerprint density at radius 1 is 1.53 bits per heavy atom. The number of aromatic nitrogens is 2. The van der Waals surface area contributed by atoms with Crippen LogP contribution in [0.15, 0.2) is 6.20 Å². The first-order valence-electron chi connectivity index (χ1n) is 5.91. The van der Waals surface area contributed by atoms with Gasteiger partial charge in [0, 0.05) is 18.8 Å². The molecular weight excluding hydrogens is 240 g/mol. The Morgan fingerprint density at radius 3 is 3.06 bits per heavy atom. The van der Waals surface area contributed by atoms with Gasteiger partial charge in [-0.1, -0.05) is 13.3 Å². The molecule has 0 bridgehead atoms. The van der Waals surface area contributed by atoms with Crippen LogP contribution in [0.3, 0.4) is 0 Å². The average Bonchev–Trinajstić information content (AvgIpc) is 2.74. The predicted molar refractivity (Wildman–Crippen MR) is 69.6 cm³/mol. The van der Waals surface area contributed by atoms with Crippen LogP contribution in [0.25, 0.3) is 0 Å². The molecule has 0 atom stereocenters. The third-order valence-electron chi connectivity index (χ3n) is 2.24. The van der Waals surface area contributed by atoms with E-state index in [1.807, 2.05) is 0 Å². The van der Waals surface area contributed by atoms with Crippen LogP contribution in [0.5, 0.6) is 0 Å². The Labute approximate surface area is 106 Å². The number of urea groups is 1. The summed E-state index contributed by atoms with van der Waals surface area (Å²) < 4.78 is 0. The van der Waals surface area contributed by atoms with Gasteiger partial charge < -0.3 is 10.3 Å². The number of H-pyrrole nitrogens is 1. The van der Waals surface area contributed by atoms with E-state index >= 15 is 0 Å². The highest BCUT2D eigenvalue weighted by atomic mass is 35.5. The van der Waals surface area contributed by atoms with Crippen LogP contribution in [0.2, 0.25) is 0 Å². The van der Waals surface area contributed by atoms with E-state index < -0.39 is 0 Å². The molecule has 96 valence electrons. The molecule has 3 N–H and O–H groups in total. The van der Waals surface area contributed by atoms with E-state index in [1.54, 1.807) is 6.20 Å². The summed E-state index contributed by atoms with van der Waals surface area (Å²) in [5, 5.41) is 5.39. The molecule has 0 aromatic carbocycles. The van der Waals surface area contributed by atoms with E-state index in [-0.39, 0.29) is 6.03 Å². The monoisotopic (exact) mass is 258 g/mol. The zero-order valence-electron chi connectivity index (χ0n) is 10.1. The number of aryl methyl sites for hydroxylation is 1. The van der Waals surface area contributed by atoms with Gasteiger partial charge in [-0.2, -0.15) is 0 Å².